The van der Waals surface area contributed by atoms with Crippen molar-refractivity contribution in [1.82, 2.24) is 0 Å². The topological polar surface area (TPSA) is 113 Å². The van der Waals surface area contributed by atoms with Gasteiger partial charge in [-0.05, 0) is 42.0 Å². The van der Waals surface area contributed by atoms with Crippen LogP contribution in [-0.2, 0) is 14.4 Å². The predicted molar refractivity (Wildman–Crippen MR) is 124 cm³/mol. The number of anilines is 1. The quantitative estimate of drug-likeness (QED) is 0.314. The lowest BCUT2D eigenvalue weighted by molar-refractivity contribution is -0.139. The van der Waals surface area contributed by atoms with Crippen molar-refractivity contribution < 1.29 is 34.1 Å². The van der Waals surface area contributed by atoms with Gasteiger partial charge in [0.15, 0.2) is 6.61 Å². The predicted octanol–water partition coefficient (Wildman–Crippen LogP) is 3.78. The van der Waals surface area contributed by atoms with Gasteiger partial charge in [-0.1, -0.05) is 42.5 Å². The number of methoxy groups -OCH3 is 1. The number of amides is 1. The van der Waals surface area contributed by atoms with Gasteiger partial charge in [0.25, 0.3) is 11.7 Å². The number of ether oxygens (including phenoxy) is 2. The van der Waals surface area contributed by atoms with E-state index in [1.165, 1.54) is 24.1 Å². The number of benzene rings is 3. The summed E-state index contributed by atoms with van der Waals surface area (Å²) in [4.78, 5) is 38.4. The molecule has 0 radical (unpaired) electrons. The molecule has 8 heteroatoms. The molecule has 1 saturated heterocycles. The summed E-state index contributed by atoms with van der Waals surface area (Å²) in [6, 6.07) is 20.7. The first-order valence-electron chi connectivity index (χ1n) is 10.4. The van der Waals surface area contributed by atoms with Gasteiger partial charge < -0.3 is 19.7 Å². The van der Waals surface area contributed by atoms with Crippen LogP contribution in [0.4, 0.5) is 5.69 Å². The number of Topliss-reactive ketones (excluding diaryl/α,β-unsaturated/α-hetero) is 1. The lowest BCUT2D eigenvalue weighted by Crippen LogP contribution is -2.29. The molecule has 4 rings (SSSR count). The molecular weight excluding hydrogens is 438 g/mol. The van der Waals surface area contributed by atoms with E-state index in [2.05, 4.69) is 0 Å². The van der Waals surface area contributed by atoms with Crippen LogP contribution in [-0.4, -0.2) is 41.6 Å². The van der Waals surface area contributed by atoms with Crippen LogP contribution in [0.3, 0.4) is 0 Å². The summed E-state index contributed by atoms with van der Waals surface area (Å²) in [5, 5.41) is 19.9. The molecule has 8 nitrogen and oxygen atoms in total. The van der Waals surface area contributed by atoms with Crippen molar-refractivity contribution in [3.8, 4) is 11.5 Å². The fourth-order valence-electron chi connectivity index (χ4n) is 3.83. The number of nitrogens with zero attached hydrogens (tertiary/aromatic N) is 1. The molecule has 0 spiro atoms. The van der Waals surface area contributed by atoms with Crippen LogP contribution in [0.2, 0.25) is 0 Å². The standard InChI is InChI=1S/C26H21NO7/c1-33-20-9-5-8-17(14-20)23-22(24(30)16-6-3-2-4-7-16)25(31)26(32)27(23)18-10-12-19(13-11-18)34-15-21(28)29/h2-14,23,30H,15H2,1H3,(H,28,29)/t23-/m1/s1. The Kier molecular flexibility index (Phi) is 6.31. The smallest absolute Gasteiger partial charge is 0.341 e. The van der Waals surface area contributed by atoms with Crippen LogP contribution < -0.4 is 14.4 Å². The van der Waals surface area contributed by atoms with Crippen LogP contribution in [0, 0.1) is 0 Å². The van der Waals surface area contributed by atoms with Gasteiger partial charge >= 0.3 is 5.97 Å². The molecule has 1 amide bonds. The van der Waals surface area contributed by atoms with E-state index in [0.717, 1.165) is 0 Å². The molecular formula is C26H21NO7. The molecule has 2 N–H and O–H groups in total. The number of carboxylic acid groups (broad SMARTS) is 1. The van der Waals surface area contributed by atoms with E-state index in [9.17, 15) is 19.5 Å². The minimum atomic E-state index is -1.12. The molecule has 0 aliphatic carbocycles. The van der Waals surface area contributed by atoms with Crippen LogP contribution in [0.25, 0.3) is 5.76 Å². The van der Waals surface area contributed by atoms with Gasteiger partial charge in [0, 0.05) is 11.3 Å². The van der Waals surface area contributed by atoms with Crippen molar-refractivity contribution in [2.24, 2.45) is 0 Å². The number of aliphatic hydroxyl groups is 1. The molecule has 1 aliphatic heterocycles. The Labute approximate surface area is 195 Å². The summed E-state index contributed by atoms with van der Waals surface area (Å²) in [6.45, 7) is -0.509. The largest absolute Gasteiger partial charge is 0.507 e. The number of aliphatic hydroxyl groups excluding tert-OH is 1. The SMILES string of the molecule is COc1cccc([C@@H]2C(=C(O)c3ccccc3)C(=O)C(=O)N2c2ccc(OCC(=O)O)cc2)c1. The Morgan fingerprint density at radius 1 is 0.912 bits per heavy atom. The fraction of sp³-hybridized carbons (Fsp3) is 0.115. The molecule has 1 atom stereocenters. The summed E-state index contributed by atoms with van der Waals surface area (Å²) in [5.74, 6) is -2.20. The van der Waals surface area contributed by atoms with Crippen LogP contribution >= 0.6 is 0 Å². The highest BCUT2D eigenvalue weighted by Crippen LogP contribution is 2.43. The van der Waals surface area contributed by atoms with Crippen LogP contribution in [0.1, 0.15) is 17.2 Å². The zero-order valence-electron chi connectivity index (χ0n) is 18.2. The van der Waals surface area contributed by atoms with E-state index in [1.54, 1.807) is 66.7 Å². The second kappa shape index (κ2) is 9.50. The van der Waals surface area contributed by atoms with E-state index < -0.39 is 30.3 Å². The Morgan fingerprint density at radius 3 is 2.26 bits per heavy atom. The van der Waals surface area contributed by atoms with Crippen molar-refractivity contribution in [3.63, 3.8) is 0 Å². The lowest BCUT2D eigenvalue weighted by atomic mass is 9.95. The van der Waals surface area contributed by atoms with Crippen LogP contribution in [0.15, 0.2) is 84.4 Å². The van der Waals surface area contributed by atoms with Gasteiger partial charge in [-0.25, -0.2) is 4.79 Å². The highest BCUT2D eigenvalue weighted by molar-refractivity contribution is 6.51. The number of hydrogen-bond acceptors (Lipinski definition) is 6. The van der Waals surface area contributed by atoms with Gasteiger partial charge in [0.2, 0.25) is 0 Å². The molecule has 0 bridgehead atoms. The van der Waals surface area contributed by atoms with Crippen LogP contribution in [0.5, 0.6) is 11.5 Å². The number of ketones is 1. The third-order valence-corrected chi connectivity index (χ3v) is 5.38. The second-order valence-electron chi connectivity index (χ2n) is 7.49. The minimum absolute atomic E-state index is 0.0457. The number of aliphatic carboxylic acids is 1. The third kappa shape index (κ3) is 4.33. The Hall–Kier alpha value is -4.59. The maximum Gasteiger partial charge on any atom is 0.341 e. The van der Waals surface area contributed by atoms with E-state index >= 15 is 0 Å². The van der Waals surface area contributed by atoms with Crippen molar-refractivity contribution in [3.05, 3.63) is 95.6 Å². The van der Waals surface area contributed by atoms with Gasteiger partial charge in [0.1, 0.15) is 17.3 Å². The normalized spacial score (nSPS) is 17.0. The van der Waals surface area contributed by atoms with E-state index in [1.807, 2.05) is 0 Å². The van der Waals surface area contributed by atoms with Gasteiger partial charge in [-0.15, -0.1) is 0 Å². The maximum absolute atomic E-state index is 13.2. The molecule has 1 fully saturated rings. The fourth-order valence-corrected chi connectivity index (χ4v) is 3.83. The first-order chi connectivity index (χ1) is 16.4. The van der Waals surface area contributed by atoms with Gasteiger partial charge in [-0.3, -0.25) is 14.5 Å². The van der Waals surface area contributed by atoms with E-state index in [0.29, 0.717) is 28.3 Å². The number of carboxylic acids is 1. The van der Waals surface area contributed by atoms with E-state index in [4.69, 9.17) is 14.6 Å². The maximum atomic E-state index is 13.2. The minimum Gasteiger partial charge on any atom is -0.507 e. The first-order valence-corrected chi connectivity index (χ1v) is 10.4. The van der Waals surface area contributed by atoms with Crippen molar-refractivity contribution in [2.75, 3.05) is 18.6 Å². The van der Waals surface area contributed by atoms with Gasteiger partial charge in [0.05, 0.1) is 18.7 Å². The Balaban J connectivity index is 1.84. The van der Waals surface area contributed by atoms with Crippen molar-refractivity contribution in [2.45, 2.75) is 6.04 Å². The molecule has 1 heterocycles. The highest BCUT2D eigenvalue weighted by Gasteiger charge is 2.47. The monoisotopic (exact) mass is 459 g/mol. The Morgan fingerprint density at radius 2 is 1.62 bits per heavy atom. The number of hydrogen-bond donors (Lipinski definition) is 2. The molecule has 3 aromatic rings. The first kappa shape index (κ1) is 22.6. The van der Waals surface area contributed by atoms with E-state index in [-0.39, 0.29) is 11.3 Å². The average Bonchev–Trinajstić information content (AvgIpc) is 3.13. The highest BCUT2D eigenvalue weighted by atomic mass is 16.5. The van der Waals surface area contributed by atoms with Gasteiger partial charge in [-0.2, -0.15) is 0 Å². The number of rotatable bonds is 7. The molecule has 34 heavy (non-hydrogen) atoms. The van der Waals surface area contributed by atoms with Crippen molar-refractivity contribution >= 4 is 29.1 Å². The summed E-state index contributed by atoms with van der Waals surface area (Å²) in [7, 11) is 1.51. The number of carbonyl (C=O) groups is 3. The molecule has 3 aromatic carbocycles. The summed E-state index contributed by atoms with van der Waals surface area (Å²) < 4.78 is 10.5. The molecule has 172 valence electrons. The second-order valence-corrected chi connectivity index (χ2v) is 7.49. The average molecular weight is 459 g/mol. The zero-order valence-corrected chi connectivity index (χ0v) is 18.2. The summed E-state index contributed by atoms with van der Waals surface area (Å²) in [6.07, 6.45) is 0. The molecule has 0 aromatic heterocycles. The molecule has 1 aliphatic rings. The molecule has 0 saturated carbocycles. The summed E-state index contributed by atoms with van der Waals surface area (Å²) in [5.41, 5.74) is 1.31. The zero-order chi connectivity index (χ0) is 24.2. The third-order valence-electron chi connectivity index (χ3n) is 5.38. The summed E-state index contributed by atoms with van der Waals surface area (Å²) >= 11 is 0. The Bertz CT molecular complexity index is 1270. The molecule has 0 unspecified atom stereocenters. The number of carbonyl (C=O) groups excluding carboxylic acids is 2. The lowest BCUT2D eigenvalue weighted by Gasteiger charge is -2.26. The van der Waals surface area contributed by atoms with Crippen molar-refractivity contribution in [1.29, 1.82) is 0 Å².